The summed E-state index contributed by atoms with van der Waals surface area (Å²) in [7, 11) is 0. The third kappa shape index (κ3) is 3.71. The van der Waals surface area contributed by atoms with Crippen LogP contribution in [0.5, 0.6) is 0 Å². The lowest BCUT2D eigenvalue weighted by Gasteiger charge is -1.77. The molecule has 2 rings (SSSR count). The molecule has 0 atom stereocenters. The van der Waals surface area contributed by atoms with E-state index >= 15 is 0 Å². The number of halogens is 1. The van der Waals surface area contributed by atoms with Crippen molar-refractivity contribution in [3.63, 3.8) is 0 Å². The van der Waals surface area contributed by atoms with E-state index in [1.165, 1.54) is 19.0 Å². The highest BCUT2D eigenvalue weighted by atomic mass is 79.9. The first kappa shape index (κ1) is 10.9. The maximum Gasteiger partial charge on any atom is 0.180 e. The van der Waals surface area contributed by atoms with E-state index in [4.69, 9.17) is 9.52 Å². The number of rotatable bonds is 2. The summed E-state index contributed by atoms with van der Waals surface area (Å²) in [6, 6.07) is 0. The van der Waals surface area contributed by atoms with Gasteiger partial charge < -0.3 is 13.9 Å². The van der Waals surface area contributed by atoms with Gasteiger partial charge in [-0.15, -0.1) is 0 Å². The number of nitrogens with zero attached hydrogens (tertiary/aromatic N) is 2. The number of oxazole rings is 2. The van der Waals surface area contributed by atoms with Crippen molar-refractivity contribution in [3.05, 3.63) is 36.7 Å². The number of hydrogen-bond acceptors (Lipinski definition) is 5. The van der Waals surface area contributed by atoms with Crippen LogP contribution < -0.4 is 0 Å². The fourth-order valence-electron chi connectivity index (χ4n) is 0.628. The monoisotopic (exact) mass is 260 g/mol. The predicted octanol–water partition coefficient (Wildman–Crippen LogP) is 1.74. The summed E-state index contributed by atoms with van der Waals surface area (Å²) < 4.78 is 9.45. The highest BCUT2D eigenvalue weighted by Gasteiger charge is 1.87. The Balaban J connectivity index is 0.000000140. The highest BCUT2D eigenvalue weighted by molar-refractivity contribution is 9.08. The van der Waals surface area contributed by atoms with E-state index in [1.54, 1.807) is 6.20 Å². The van der Waals surface area contributed by atoms with Gasteiger partial charge in [0.25, 0.3) is 0 Å². The minimum Gasteiger partial charge on any atom is -0.448 e. The van der Waals surface area contributed by atoms with Crippen LogP contribution in [0.25, 0.3) is 0 Å². The quantitative estimate of drug-likeness (QED) is 0.833. The van der Waals surface area contributed by atoms with Gasteiger partial charge in [-0.25, -0.2) is 9.97 Å². The van der Waals surface area contributed by atoms with Gasteiger partial charge in [0.1, 0.15) is 18.1 Å². The van der Waals surface area contributed by atoms with Crippen molar-refractivity contribution in [1.82, 2.24) is 9.97 Å². The van der Waals surface area contributed by atoms with Crippen LogP contribution in [0.2, 0.25) is 0 Å². The van der Waals surface area contributed by atoms with E-state index < -0.39 is 0 Å². The van der Waals surface area contributed by atoms with Crippen LogP contribution in [0, 0.1) is 0 Å². The maximum atomic E-state index is 8.29. The molecule has 0 aromatic carbocycles. The second kappa shape index (κ2) is 6.33. The second-order valence-corrected chi connectivity index (χ2v) is 2.79. The summed E-state index contributed by atoms with van der Waals surface area (Å²) >= 11 is 3.20. The van der Waals surface area contributed by atoms with Gasteiger partial charge in [-0.1, -0.05) is 15.9 Å². The summed E-state index contributed by atoms with van der Waals surface area (Å²) in [5, 5.41) is 9.04. The average molecular weight is 261 g/mol. The molecule has 1 N–H and O–H groups in total. The Kier molecular flexibility index (Phi) is 4.95. The minimum atomic E-state index is -0.0694. The normalized spacial score (nSPS) is 9.29. The summed E-state index contributed by atoms with van der Waals surface area (Å²) in [5.74, 6) is 1.36. The van der Waals surface area contributed by atoms with Crippen LogP contribution in [-0.2, 0) is 11.9 Å². The largest absolute Gasteiger partial charge is 0.448 e. The number of aromatic nitrogens is 2. The molecule has 0 spiro atoms. The lowest BCUT2D eigenvalue weighted by Crippen LogP contribution is -1.72. The predicted molar refractivity (Wildman–Crippen MR) is 51.6 cm³/mol. The zero-order valence-electron chi connectivity index (χ0n) is 7.26. The van der Waals surface area contributed by atoms with Crippen molar-refractivity contribution < 1.29 is 13.9 Å². The molecule has 2 aromatic rings. The first-order valence-electron chi connectivity index (χ1n) is 3.78. The Hall–Kier alpha value is -1.14. The molecule has 2 aromatic heterocycles. The van der Waals surface area contributed by atoms with Crippen molar-refractivity contribution in [3.8, 4) is 0 Å². The Morgan fingerprint density at radius 1 is 1.14 bits per heavy atom. The van der Waals surface area contributed by atoms with Crippen LogP contribution in [0.4, 0.5) is 0 Å². The van der Waals surface area contributed by atoms with Gasteiger partial charge in [0.2, 0.25) is 0 Å². The molecule has 14 heavy (non-hydrogen) atoms. The van der Waals surface area contributed by atoms with Gasteiger partial charge in [0, 0.05) is 0 Å². The SMILES string of the molecule is BrCc1cnco1.OCc1cnco1. The molecule has 2 heterocycles. The molecule has 0 fully saturated rings. The van der Waals surface area contributed by atoms with Gasteiger partial charge >= 0.3 is 0 Å². The van der Waals surface area contributed by atoms with Crippen molar-refractivity contribution in [1.29, 1.82) is 0 Å². The van der Waals surface area contributed by atoms with Gasteiger partial charge in [-0.3, -0.25) is 0 Å². The average Bonchev–Trinajstić information content (AvgIpc) is 2.92. The molecule has 0 unspecified atom stereocenters. The van der Waals surface area contributed by atoms with Crippen molar-refractivity contribution in [2.75, 3.05) is 0 Å². The van der Waals surface area contributed by atoms with Gasteiger partial charge in [0.15, 0.2) is 12.8 Å². The molecule has 0 amide bonds. The van der Waals surface area contributed by atoms with Crippen LogP contribution >= 0.6 is 15.9 Å². The van der Waals surface area contributed by atoms with E-state index in [1.807, 2.05) is 0 Å². The molecule has 76 valence electrons. The molecule has 0 saturated heterocycles. The van der Waals surface area contributed by atoms with Crippen LogP contribution in [0.15, 0.2) is 34.0 Å². The molecule has 6 heteroatoms. The summed E-state index contributed by atoms with van der Waals surface area (Å²) in [5.41, 5.74) is 0. The third-order valence-electron chi connectivity index (χ3n) is 1.25. The zero-order valence-corrected chi connectivity index (χ0v) is 8.85. The Morgan fingerprint density at radius 2 is 1.71 bits per heavy atom. The van der Waals surface area contributed by atoms with Crippen molar-refractivity contribution >= 4 is 15.9 Å². The lowest BCUT2D eigenvalue weighted by molar-refractivity contribution is 0.247. The van der Waals surface area contributed by atoms with E-state index in [0.29, 0.717) is 5.76 Å². The van der Waals surface area contributed by atoms with Crippen molar-refractivity contribution in [2.24, 2.45) is 0 Å². The van der Waals surface area contributed by atoms with E-state index in [2.05, 4.69) is 30.3 Å². The van der Waals surface area contributed by atoms with Gasteiger partial charge in [0.05, 0.1) is 17.7 Å². The number of hydrogen-bond donors (Lipinski definition) is 1. The van der Waals surface area contributed by atoms with Crippen LogP contribution in [-0.4, -0.2) is 15.1 Å². The minimum absolute atomic E-state index is 0.0694. The summed E-state index contributed by atoms with van der Waals surface area (Å²) in [6.07, 6.45) is 5.84. The smallest absolute Gasteiger partial charge is 0.180 e. The van der Waals surface area contributed by atoms with E-state index in [9.17, 15) is 0 Å². The molecule has 0 aliphatic rings. The van der Waals surface area contributed by atoms with Gasteiger partial charge in [-0.2, -0.15) is 0 Å². The summed E-state index contributed by atoms with van der Waals surface area (Å²) in [4.78, 5) is 7.26. The molecule has 5 nitrogen and oxygen atoms in total. The van der Waals surface area contributed by atoms with Crippen LogP contribution in [0.3, 0.4) is 0 Å². The number of alkyl halides is 1. The van der Waals surface area contributed by atoms with Gasteiger partial charge in [-0.05, 0) is 0 Å². The fourth-order valence-corrected chi connectivity index (χ4v) is 0.905. The molecule has 0 saturated carbocycles. The fraction of sp³-hybridized carbons (Fsp3) is 0.250. The maximum absolute atomic E-state index is 8.29. The van der Waals surface area contributed by atoms with E-state index in [0.717, 1.165) is 11.1 Å². The zero-order chi connectivity index (χ0) is 10.2. The summed E-state index contributed by atoms with van der Waals surface area (Å²) in [6.45, 7) is -0.0694. The molecule has 0 aliphatic carbocycles. The van der Waals surface area contributed by atoms with E-state index in [-0.39, 0.29) is 6.61 Å². The molecular formula is C8H9BrN2O3. The molecule has 0 bridgehead atoms. The molecular weight excluding hydrogens is 252 g/mol. The van der Waals surface area contributed by atoms with Crippen LogP contribution in [0.1, 0.15) is 11.5 Å². The Morgan fingerprint density at radius 3 is 1.93 bits per heavy atom. The number of aliphatic hydroxyl groups excluding tert-OH is 1. The Bertz CT molecular complexity index is 286. The standard InChI is InChI=1S/C4H4BrNO.C4H5NO2/c5-1-4-2-6-3-7-4;6-2-4-1-5-3-7-4/h2-3H,1H2;1,3,6H,2H2. The Labute approximate surface area is 88.9 Å². The highest BCUT2D eigenvalue weighted by Crippen LogP contribution is 2.00. The first-order chi connectivity index (χ1) is 6.86. The second-order valence-electron chi connectivity index (χ2n) is 2.23. The van der Waals surface area contributed by atoms with Crippen molar-refractivity contribution in [2.45, 2.75) is 11.9 Å². The topological polar surface area (TPSA) is 72.3 Å². The first-order valence-corrected chi connectivity index (χ1v) is 4.90. The number of aliphatic hydroxyl groups is 1. The lowest BCUT2D eigenvalue weighted by atomic mass is 10.6. The molecule has 0 radical (unpaired) electrons. The third-order valence-corrected chi connectivity index (χ3v) is 1.81. The molecule has 0 aliphatic heterocycles.